The fraction of sp³-hybridized carbons (Fsp3) is 0.688. The Kier molecular flexibility index (Phi) is 8.08. The summed E-state index contributed by atoms with van der Waals surface area (Å²) < 4.78 is 41.7. The average Bonchev–Trinajstić information content (AvgIpc) is 2.91. The third kappa shape index (κ3) is 5.42. The van der Waals surface area contributed by atoms with E-state index >= 15 is 0 Å². The molecule has 30 heavy (non-hydrogen) atoms. The van der Waals surface area contributed by atoms with Gasteiger partial charge in [-0.25, -0.2) is 14.3 Å². The third-order valence-electron chi connectivity index (χ3n) is 4.33. The number of aromatic amines is 1. The molecule has 1 aliphatic heterocycles. The summed E-state index contributed by atoms with van der Waals surface area (Å²) in [5, 5.41) is 23.2. The maximum Gasteiger partial charge on any atom is 0.330 e. The van der Waals surface area contributed by atoms with E-state index in [9.17, 15) is 33.6 Å². The van der Waals surface area contributed by atoms with Gasteiger partial charge in [0.25, 0.3) is 13.7 Å². The molecule has 0 aromatic carbocycles. The molecule has 14 heteroatoms. The Balaban J connectivity index is 2.05. The van der Waals surface area contributed by atoms with Crippen LogP contribution in [0, 0.1) is 0 Å². The summed E-state index contributed by atoms with van der Waals surface area (Å²) in [5.74, 6) is -0.645. The lowest BCUT2D eigenvalue weighted by Gasteiger charge is -2.28. The number of esters is 1. The predicted octanol–water partition coefficient (Wildman–Crippen LogP) is -1.17. The second-order valence-corrected chi connectivity index (χ2v) is 8.22. The maximum absolute atomic E-state index is 13.6. The van der Waals surface area contributed by atoms with Gasteiger partial charge in [0.1, 0.15) is 24.9 Å². The minimum Gasteiger partial charge on any atom is -0.462 e. The van der Waals surface area contributed by atoms with Gasteiger partial charge in [-0.2, -0.15) is 0 Å². The lowest BCUT2D eigenvalue weighted by molar-refractivity contribution is -0.149. The molecule has 2 heterocycles. The van der Waals surface area contributed by atoms with Crippen LogP contribution in [0.25, 0.3) is 0 Å². The van der Waals surface area contributed by atoms with Crippen molar-refractivity contribution in [2.45, 2.75) is 57.0 Å². The first-order chi connectivity index (χ1) is 14.0. The van der Waals surface area contributed by atoms with E-state index in [0.29, 0.717) is 0 Å². The molecule has 6 atom stereocenters. The van der Waals surface area contributed by atoms with Crippen LogP contribution in [0.2, 0.25) is 0 Å². The molecule has 3 unspecified atom stereocenters. The Bertz CT molecular complexity index is 891. The lowest BCUT2D eigenvalue weighted by atomic mass is 9.95. The SMILES string of the molecule is CC(C)OC(=O)[C@H](C)N[PH](=O)OCC1O[C@@H](n2ccc(=O)[nH]c2=O)C(O)(CF)[C@H]1O. The fourth-order valence-electron chi connectivity index (χ4n) is 2.79. The molecule has 0 saturated carbocycles. The highest BCUT2D eigenvalue weighted by molar-refractivity contribution is 7.36. The highest BCUT2D eigenvalue weighted by Crippen LogP contribution is 2.39. The molecule has 1 fully saturated rings. The van der Waals surface area contributed by atoms with Crippen molar-refractivity contribution in [3.63, 3.8) is 0 Å². The van der Waals surface area contributed by atoms with E-state index in [1.165, 1.54) is 6.92 Å². The Morgan fingerprint density at radius 2 is 2.13 bits per heavy atom. The number of ether oxygens (including phenoxy) is 2. The Morgan fingerprint density at radius 1 is 1.47 bits per heavy atom. The largest absolute Gasteiger partial charge is 0.462 e. The maximum atomic E-state index is 13.6. The van der Waals surface area contributed by atoms with Crippen molar-refractivity contribution >= 4 is 14.1 Å². The van der Waals surface area contributed by atoms with E-state index in [-0.39, 0.29) is 6.10 Å². The standard InChI is InChI=1S/C16H25FN3O9P/c1-8(2)28-13(23)9(3)19-30(26)27-6-10-12(22)16(25,7-17)14(29-10)20-5-4-11(21)18-15(20)24/h4-5,8-10,12,14,22,25,30H,6-7H2,1-3H3,(H,19,26)(H,18,21,24)/t9-,10?,12-,14+,16?/m0/s1. The predicted molar refractivity (Wildman–Crippen MR) is 101 cm³/mol. The van der Waals surface area contributed by atoms with Crippen molar-refractivity contribution < 1.29 is 38.0 Å². The molecule has 1 aliphatic rings. The summed E-state index contributed by atoms with van der Waals surface area (Å²) in [4.78, 5) is 36.8. The van der Waals surface area contributed by atoms with Crippen molar-refractivity contribution in [3.05, 3.63) is 33.1 Å². The Morgan fingerprint density at radius 3 is 2.70 bits per heavy atom. The molecular formula is C16H25FN3O9P. The van der Waals surface area contributed by atoms with Crippen molar-refractivity contribution in [1.29, 1.82) is 0 Å². The van der Waals surface area contributed by atoms with Gasteiger partial charge >= 0.3 is 11.7 Å². The molecule has 1 aromatic rings. The summed E-state index contributed by atoms with van der Waals surface area (Å²) in [6.45, 7) is 2.69. The van der Waals surface area contributed by atoms with Crippen molar-refractivity contribution in [2.75, 3.05) is 13.3 Å². The fourth-order valence-corrected chi connectivity index (χ4v) is 3.66. The molecular weight excluding hydrogens is 428 g/mol. The van der Waals surface area contributed by atoms with Gasteiger partial charge in [-0.05, 0) is 20.8 Å². The van der Waals surface area contributed by atoms with Crippen molar-refractivity contribution in [3.8, 4) is 0 Å². The molecule has 1 saturated heterocycles. The van der Waals surface area contributed by atoms with Gasteiger partial charge in [0, 0.05) is 12.3 Å². The van der Waals surface area contributed by atoms with Crippen LogP contribution in [0.1, 0.15) is 27.0 Å². The molecule has 0 amide bonds. The van der Waals surface area contributed by atoms with E-state index in [2.05, 4.69) is 5.09 Å². The normalized spacial score (nSPS) is 28.4. The number of aliphatic hydroxyl groups is 2. The average molecular weight is 453 g/mol. The van der Waals surface area contributed by atoms with Gasteiger partial charge in [0.15, 0.2) is 11.8 Å². The highest BCUT2D eigenvalue weighted by Gasteiger charge is 2.57. The number of halogens is 1. The van der Waals surface area contributed by atoms with Crippen LogP contribution in [0.3, 0.4) is 0 Å². The monoisotopic (exact) mass is 453 g/mol. The zero-order valence-electron chi connectivity index (χ0n) is 16.5. The van der Waals surface area contributed by atoms with Gasteiger partial charge in [-0.1, -0.05) is 0 Å². The van der Waals surface area contributed by atoms with Crippen LogP contribution >= 0.6 is 8.18 Å². The molecule has 1 aromatic heterocycles. The number of carbonyl (C=O) groups is 1. The quantitative estimate of drug-likeness (QED) is 0.264. The van der Waals surface area contributed by atoms with E-state index in [1.807, 2.05) is 4.98 Å². The lowest BCUT2D eigenvalue weighted by Crippen LogP contribution is -2.51. The van der Waals surface area contributed by atoms with E-state index < -0.39 is 68.8 Å². The van der Waals surface area contributed by atoms with Crippen LogP contribution in [-0.4, -0.2) is 69.0 Å². The van der Waals surface area contributed by atoms with Gasteiger partial charge < -0.3 is 24.2 Å². The summed E-state index contributed by atoms with van der Waals surface area (Å²) in [6, 6.07) is 0.0170. The number of aliphatic hydroxyl groups excluding tert-OH is 1. The van der Waals surface area contributed by atoms with Crippen LogP contribution in [0.5, 0.6) is 0 Å². The Hall–Kier alpha value is -1.89. The molecule has 0 bridgehead atoms. The number of aromatic nitrogens is 2. The summed E-state index contributed by atoms with van der Waals surface area (Å²) in [7, 11) is -3.00. The molecule has 0 spiro atoms. The second-order valence-electron chi connectivity index (χ2n) is 7.06. The van der Waals surface area contributed by atoms with Crippen LogP contribution < -0.4 is 16.3 Å². The number of alkyl halides is 1. The van der Waals surface area contributed by atoms with Gasteiger partial charge in [0.05, 0.1) is 12.7 Å². The smallest absolute Gasteiger partial charge is 0.330 e. The molecule has 2 rings (SSSR count). The number of rotatable bonds is 9. The summed E-state index contributed by atoms with van der Waals surface area (Å²) >= 11 is 0. The first kappa shape index (κ1) is 24.4. The number of nitrogens with one attached hydrogen (secondary N) is 2. The van der Waals surface area contributed by atoms with Gasteiger partial charge in [0.2, 0.25) is 0 Å². The molecule has 12 nitrogen and oxygen atoms in total. The van der Waals surface area contributed by atoms with Crippen molar-refractivity contribution in [1.82, 2.24) is 14.6 Å². The molecule has 4 N–H and O–H groups in total. The van der Waals surface area contributed by atoms with Gasteiger partial charge in [-0.15, -0.1) is 0 Å². The van der Waals surface area contributed by atoms with Crippen LogP contribution in [-0.2, 0) is 23.4 Å². The van der Waals surface area contributed by atoms with Gasteiger partial charge in [-0.3, -0.25) is 23.7 Å². The minimum atomic E-state index is -3.00. The van der Waals surface area contributed by atoms with E-state index in [1.54, 1.807) is 13.8 Å². The third-order valence-corrected chi connectivity index (χ3v) is 5.43. The number of nitrogens with zero attached hydrogens (tertiary/aromatic N) is 1. The molecule has 170 valence electrons. The number of carbonyl (C=O) groups excluding carboxylic acids is 1. The van der Waals surface area contributed by atoms with E-state index in [0.717, 1.165) is 16.8 Å². The second kappa shape index (κ2) is 9.94. The highest BCUT2D eigenvalue weighted by atomic mass is 31.1. The molecule has 0 aliphatic carbocycles. The zero-order chi connectivity index (χ0) is 22.6. The topological polar surface area (TPSA) is 169 Å². The molecule has 0 radical (unpaired) electrons. The van der Waals surface area contributed by atoms with Crippen molar-refractivity contribution in [2.24, 2.45) is 0 Å². The van der Waals surface area contributed by atoms with E-state index in [4.69, 9.17) is 14.0 Å². The number of hydrogen-bond donors (Lipinski definition) is 4. The van der Waals surface area contributed by atoms with Crippen LogP contribution in [0.4, 0.5) is 4.39 Å². The minimum absolute atomic E-state index is 0.362. The summed E-state index contributed by atoms with van der Waals surface area (Å²) in [5.41, 5.74) is -4.22. The first-order valence-electron chi connectivity index (χ1n) is 9.06. The summed E-state index contributed by atoms with van der Waals surface area (Å²) in [6.07, 6.45) is -4.26. The number of hydrogen-bond acceptors (Lipinski definition) is 9. The Labute approximate surface area is 170 Å². The zero-order valence-corrected chi connectivity index (χ0v) is 17.5. The first-order valence-corrected chi connectivity index (χ1v) is 10.4. The van der Waals surface area contributed by atoms with Crippen LogP contribution in [0.15, 0.2) is 21.9 Å². The number of H-pyrrole nitrogens is 1.